The summed E-state index contributed by atoms with van der Waals surface area (Å²) in [6.07, 6.45) is 1.41. The molecule has 0 aromatic carbocycles. The fourth-order valence-corrected chi connectivity index (χ4v) is 3.66. The Morgan fingerprint density at radius 3 is 2.41 bits per heavy atom. The smallest absolute Gasteiger partial charge is 0.317 e. The first kappa shape index (κ1) is 17.1. The third-order valence-corrected chi connectivity index (χ3v) is 5.87. The molecule has 2 fully saturated rings. The molecule has 22 heavy (non-hydrogen) atoms. The predicted octanol–water partition coefficient (Wildman–Crippen LogP) is 1.94. The monoisotopic (exact) mass is 312 g/mol. The highest BCUT2D eigenvalue weighted by molar-refractivity contribution is 5.77. The second kappa shape index (κ2) is 5.72. The van der Waals surface area contributed by atoms with Gasteiger partial charge in [-0.2, -0.15) is 0 Å². The van der Waals surface area contributed by atoms with Gasteiger partial charge in [-0.1, -0.05) is 20.8 Å². The summed E-state index contributed by atoms with van der Waals surface area (Å²) in [5, 5.41) is 12.3. The molecule has 1 aliphatic carbocycles. The number of carboxylic acids is 1. The molecule has 0 aromatic rings. The Hall–Kier alpha value is -1.30. The molecule has 0 aromatic heterocycles. The Labute approximate surface area is 132 Å². The first-order valence-corrected chi connectivity index (χ1v) is 7.94. The summed E-state index contributed by atoms with van der Waals surface area (Å²) in [4.78, 5) is 25.3. The van der Waals surface area contributed by atoms with E-state index in [0.717, 1.165) is 6.42 Å². The lowest BCUT2D eigenvalue weighted by Crippen LogP contribution is -2.69. The quantitative estimate of drug-likeness (QED) is 0.835. The number of rotatable bonds is 3. The molecule has 0 bridgehead atoms. The number of ether oxygens (including phenoxy) is 1. The molecule has 126 valence electrons. The SMILES string of the molecule is COC1(C)CC(NC(=O)N2CC(C)CC(C(=O)O)C2)C1(C)C. The Morgan fingerprint density at radius 2 is 1.91 bits per heavy atom. The number of aliphatic carboxylic acids is 1. The highest BCUT2D eigenvalue weighted by atomic mass is 16.5. The average Bonchev–Trinajstić information content (AvgIpc) is 2.45. The van der Waals surface area contributed by atoms with Crippen molar-refractivity contribution < 1.29 is 19.4 Å². The Kier molecular flexibility index (Phi) is 4.44. The fraction of sp³-hybridized carbons (Fsp3) is 0.875. The van der Waals surface area contributed by atoms with Gasteiger partial charge in [0.2, 0.25) is 0 Å². The van der Waals surface area contributed by atoms with Crippen LogP contribution < -0.4 is 5.32 Å². The molecule has 6 heteroatoms. The molecule has 1 saturated heterocycles. The number of nitrogens with zero attached hydrogens (tertiary/aromatic N) is 1. The summed E-state index contributed by atoms with van der Waals surface area (Å²) < 4.78 is 5.57. The van der Waals surface area contributed by atoms with Crippen LogP contribution in [0.25, 0.3) is 0 Å². The number of methoxy groups -OCH3 is 1. The number of carboxylic acid groups (broad SMARTS) is 1. The number of piperidine rings is 1. The summed E-state index contributed by atoms with van der Waals surface area (Å²) in [7, 11) is 1.70. The van der Waals surface area contributed by atoms with Crippen molar-refractivity contribution in [3.05, 3.63) is 0 Å². The Balaban J connectivity index is 1.97. The summed E-state index contributed by atoms with van der Waals surface area (Å²) >= 11 is 0. The molecule has 2 amide bonds. The standard InChI is InChI=1S/C16H28N2O4/c1-10-6-11(13(19)20)9-18(8-10)14(21)17-12-7-16(4,22-5)15(12,2)3/h10-12H,6-9H2,1-5H3,(H,17,21)(H,19,20). The van der Waals surface area contributed by atoms with E-state index in [1.165, 1.54) is 0 Å². The zero-order chi connectivity index (χ0) is 16.7. The van der Waals surface area contributed by atoms with Crippen LogP contribution in [-0.2, 0) is 9.53 Å². The van der Waals surface area contributed by atoms with Gasteiger partial charge in [0.05, 0.1) is 11.5 Å². The van der Waals surface area contributed by atoms with Crippen LogP contribution in [0.2, 0.25) is 0 Å². The summed E-state index contributed by atoms with van der Waals surface area (Å²) in [6.45, 7) is 9.13. The van der Waals surface area contributed by atoms with Gasteiger partial charge in [-0.05, 0) is 25.7 Å². The van der Waals surface area contributed by atoms with Gasteiger partial charge in [0.1, 0.15) is 0 Å². The van der Waals surface area contributed by atoms with E-state index < -0.39 is 11.9 Å². The van der Waals surface area contributed by atoms with Gasteiger partial charge in [-0.3, -0.25) is 4.79 Å². The lowest BCUT2D eigenvalue weighted by atomic mass is 9.56. The molecular weight excluding hydrogens is 284 g/mol. The number of nitrogens with one attached hydrogen (secondary N) is 1. The Bertz CT molecular complexity index is 465. The van der Waals surface area contributed by atoms with Gasteiger partial charge >= 0.3 is 12.0 Å². The van der Waals surface area contributed by atoms with Crippen molar-refractivity contribution in [2.24, 2.45) is 17.3 Å². The number of amides is 2. The van der Waals surface area contributed by atoms with Crippen LogP contribution in [-0.4, -0.2) is 53.8 Å². The summed E-state index contributed by atoms with van der Waals surface area (Å²) in [6, 6.07) is -0.112. The van der Waals surface area contributed by atoms with Crippen molar-refractivity contribution in [2.75, 3.05) is 20.2 Å². The summed E-state index contributed by atoms with van der Waals surface area (Å²) in [5.74, 6) is -1.08. The molecule has 1 aliphatic heterocycles. The zero-order valence-electron chi connectivity index (χ0n) is 14.2. The number of likely N-dealkylation sites (tertiary alicyclic amines) is 1. The van der Waals surface area contributed by atoms with Crippen LogP contribution >= 0.6 is 0 Å². The van der Waals surface area contributed by atoms with Crippen molar-refractivity contribution in [1.82, 2.24) is 10.2 Å². The van der Waals surface area contributed by atoms with Crippen molar-refractivity contribution in [3.8, 4) is 0 Å². The molecule has 2 rings (SSSR count). The van der Waals surface area contributed by atoms with E-state index in [9.17, 15) is 14.7 Å². The molecular formula is C16H28N2O4. The van der Waals surface area contributed by atoms with Crippen LogP contribution in [0.15, 0.2) is 0 Å². The average molecular weight is 312 g/mol. The van der Waals surface area contributed by atoms with Gasteiger partial charge in [-0.25, -0.2) is 4.79 Å². The first-order chi connectivity index (χ1) is 10.1. The predicted molar refractivity (Wildman–Crippen MR) is 82.6 cm³/mol. The second-order valence-electron chi connectivity index (χ2n) is 7.64. The largest absolute Gasteiger partial charge is 0.481 e. The topological polar surface area (TPSA) is 78.9 Å². The van der Waals surface area contributed by atoms with Crippen LogP contribution in [0.3, 0.4) is 0 Å². The van der Waals surface area contributed by atoms with Gasteiger partial charge in [0.25, 0.3) is 0 Å². The van der Waals surface area contributed by atoms with Gasteiger partial charge in [-0.15, -0.1) is 0 Å². The fourth-order valence-electron chi connectivity index (χ4n) is 3.66. The second-order valence-corrected chi connectivity index (χ2v) is 7.64. The van der Waals surface area contributed by atoms with Crippen LogP contribution in [0.1, 0.15) is 40.5 Å². The van der Waals surface area contributed by atoms with E-state index in [-0.39, 0.29) is 29.0 Å². The summed E-state index contributed by atoms with van der Waals surface area (Å²) in [5.41, 5.74) is -0.380. The van der Waals surface area contributed by atoms with E-state index in [4.69, 9.17) is 4.74 Å². The molecule has 4 atom stereocenters. The van der Waals surface area contributed by atoms with Gasteiger partial charge < -0.3 is 20.1 Å². The van der Waals surface area contributed by atoms with E-state index >= 15 is 0 Å². The molecule has 1 heterocycles. The lowest BCUT2D eigenvalue weighted by Gasteiger charge is -2.59. The van der Waals surface area contributed by atoms with Crippen molar-refractivity contribution in [3.63, 3.8) is 0 Å². The highest BCUT2D eigenvalue weighted by Crippen LogP contribution is 2.51. The van der Waals surface area contributed by atoms with Gasteiger partial charge in [0.15, 0.2) is 0 Å². The molecule has 6 nitrogen and oxygen atoms in total. The van der Waals surface area contributed by atoms with E-state index in [2.05, 4.69) is 26.1 Å². The van der Waals surface area contributed by atoms with E-state index in [1.54, 1.807) is 12.0 Å². The molecule has 2 N–H and O–H groups in total. The number of carbonyl (C=O) groups excluding carboxylic acids is 1. The molecule has 2 aliphatic rings. The maximum absolute atomic E-state index is 12.5. The molecule has 0 radical (unpaired) electrons. The third kappa shape index (κ3) is 2.81. The van der Waals surface area contributed by atoms with E-state index in [1.807, 2.05) is 6.92 Å². The van der Waals surface area contributed by atoms with Crippen LogP contribution in [0.4, 0.5) is 4.79 Å². The minimum atomic E-state index is -0.819. The van der Waals surface area contributed by atoms with Crippen molar-refractivity contribution in [1.29, 1.82) is 0 Å². The van der Waals surface area contributed by atoms with E-state index in [0.29, 0.717) is 19.5 Å². The Morgan fingerprint density at radius 1 is 1.27 bits per heavy atom. The zero-order valence-corrected chi connectivity index (χ0v) is 14.2. The van der Waals surface area contributed by atoms with Crippen LogP contribution in [0, 0.1) is 17.3 Å². The first-order valence-electron chi connectivity index (χ1n) is 7.94. The van der Waals surface area contributed by atoms with Crippen LogP contribution in [0.5, 0.6) is 0 Å². The van der Waals surface area contributed by atoms with Crippen molar-refractivity contribution >= 4 is 12.0 Å². The maximum atomic E-state index is 12.5. The maximum Gasteiger partial charge on any atom is 0.317 e. The molecule has 4 unspecified atom stereocenters. The normalized spacial score (nSPS) is 37.3. The third-order valence-electron chi connectivity index (χ3n) is 5.87. The number of hydrogen-bond donors (Lipinski definition) is 2. The number of hydrogen-bond acceptors (Lipinski definition) is 3. The molecule has 0 spiro atoms. The minimum Gasteiger partial charge on any atom is -0.481 e. The highest BCUT2D eigenvalue weighted by Gasteiger charge is 2.58. The minimum absolute atomic E-state index is 0.0467. The number of urea groups is 1. The number of carbonyl (C=O) groups is 2. The lowest BCUT2D eigenvalue weighted by molar-refractivity contribution is -0.178. The van der Waals surface area contributed by atoms with Crippen molar-refractivity contribution in [2.45, 2.75) is 52.2 Å². The molecule has 1 saturated carbocycles. The van der Waals surface area contributed by atoms with Gasteiger partial charge in [0, 0.05) is 31.7 Å².